The minimum absolute atomic E-state index is 0. The number of hydrogen-bond donors (Lipinski definition) is 0. The third-order valence-corrected chi connectivity index (χ3v) is 3.06. The quantitative estimate of drug-likeness (QED) is 0.809. The van der Waals surface area contributed by atoms with E-state index in [1.165, 1.54) is 0 Å². The van der Waals surface area contributed by atoms with Crippen LogP contribution >= 0.6 is 24.2 Å². The Labute approximate surface area is 117 Å². The van der Waals surface area contributed by atoms with Gasteiger partial charge in [0.15, 0.2) is 0 Å². The van der Waals surface area contributed by atoms with E-state index in [0.717, 1.165) is 28.2 Å². The number of halogens is 1. The predicted octanol–water partition coefficient (Wildman–Crippen LogP) is 3.12. The highest BCUT2D eigenvalue weighted by molar-refractivity contribution is 7.99. The van der Waals surface area contributed by atoms with Gasteiger partial charge >= 0.3 is 0 Å². The number of rotatable bonds is 4. The Morgan fingerprint density at radius 3 is 2.50 bits per heavy atom. The first kappa shape index (κ1) is 14.9. The zero-order chi connectivity index (χ0) is 12.3. The molecular formula is C12H16ClN3OS. The molecule has 0 unspecified atom stereocenters. The van der Waals surface area contributed by atoms with Gasteiger partial charge in [0, 0.05) is 0 Å². The fourth-order valence-corrected chi connectivity index (χ4v) is 2.12. The van der Waals surface area contributed by atoms with Crippen LogP contribution in [0.1, 0.15) is 12.7 Å². The van der Waals surface area contributed by atoms with Crippen LogP contribution in [0.2, 0.25) is 0 Å². The molecule has 0 saturated heterocycles. The minimum Gasteiger partial charge on any atom is -0.497 e. The van der Waals surface area contributed by atoms with Crippen molar-refractivity contribution in [3.63, 3.8) is 0 Å². The van der Waals surface area contributed by atoms with Crippen LogP contribution in [0.3, 0.4) is 0 Å². The molecule has 0 bridgehead atoms. The summed E-state index contributed by atoms with van der Waals surface area (Å²) >= 11 is 1.64. The molecule has 4 nitrogen and oxygen atoms in total. The molecule has 2 rings (SSSR count). The Morgan fingerprint density at radius 2 is 1.94 bits per heavy atom. The van der Waals surface area contributed by atoms with E-state index < -0.39 is 0 Å². The van der Waals surface area contributed by atoms with Crippen molar-refractivity contribution in [2.75, 3.05) is 12.9 Å². The maximum atomic E-state index is 5.13. The summed E-state index contributed by atoms with van der Waals surface area (Å²) in [4.78, 5) is 4.40. The van der Waals surface area contributed by atoms with Gasteiger partial charge in [0.2, 0.25) is 5.16 Å². The van der Waals surface area contributed by atoms with Crippen LogP contribution in [0.15, 0.2) is 29.4 Å². The van der Waals surface area contributed by atoms with Gasteiger partial charge in [-0.25, -0.2) is 9.67 Å². The first-order valence-electron chi connectivity index (χ1n) is 5.45. The number of thioether (sulfide) groups is 1. The highest BCUT2D eigenvalue weighted by atomic mass is 35.5. The molecule has 18 heavy (non-hydrogen) atoms. The van der Waals surface area contributed by atoms with Gasteiger partial charge in [-0.1, -0.05) is 18.7 Å². The zero-order valence-electron chi connectivity index (χ0n) is 10.6. The molecule has 0 aliphatic heterocycles. The Kier molecular flexibility index (Phi) is 5.50. The molecule has 0 spiro atoms. The number of benzene rings is 1. The van der Waals surface area contributed by atoms with Gasteiger partial charge in [0.25, 0.3) is 0 Å². The van der Waals surface area contributed by atoms with Crippen LogP contribution in [0, 0.1) is 6.92 Å². The maximum Gasteiger partial charge on any atom is 0.209 e. The Hall–Kier alpha value is -1.20. The van der Waals surface area contributed by atoms with Crippen molar-refractivity contribution in [1.29, 1.82) is 0 Å². The summed E-state index contributed by atoms with van der Waals surface area (Å²) in [7, 11) is 1.66. The van der Waals surface area contributed by atoms with E-state index in [0.29, 0.717) is 0 Å². The Balaban J connectivity index is 0.00000162. The molecule has 0 saturated carbocycles. The lowest BCUT2D eigenvalue weighted by molar-refractivity contribution is 0.414. The van der Waals surface area contributed by atoms with E-state index >= 15 is 0 Å². The average molecular weight is 286 g/mol. The topological polar surface area (TPSA) is 39.9 Å². The van der Waals surface area contributed by atoms with Gasteiger partial charge in [-0.3, -0.25) is 0 Å². The number of ether oxygens (including phenoxy) is 1. The number of nitrogens with zero attached hydrogens (tertiary/aromatic N) is 3. The molecule has 0 aliphatic rings. The van der Waals surface area contributed by atoms with Gasteiger partial charge in [0.05, 0.1) is 12.8 Å². The van der Waals surface area contributed by atoms with Crippen LogP contribution in [-0.2, 0) is 0 Å². The van der Waals surface area contributed by atoms with Crippen LogP contribution < -0.4 is 4.74 Å². The standard InChI is InChI=1S/C12H15N3OS.ClH/c1-4-17-12-13-9(2)15(14-12)10-5-7-11(16-3)8-6-10;/h5-8H,4H2,1-3H3;1H. The fourth-order valence-electron chi connectivity index (χ4n) is 1.52. The summed E-state index contributed by atoms with van der Waals surface area (Å²) < 4.78 is 6.97. The van der Waals surface area contributed by atoms with E-state index in [2.05, 4.69) is 17.0 Å². The zero-order valence-corrected chi connectivity index (χ0v) is 12.2. The summed E-state index contributed by atoms with van der Waals surface area (Å²) in [6.45, 7) is 4.05. The van der Waals surface area contributed by atoms with Crippen LogP contribution in [0.4, 0.5) is 0 Å². The van der Waals surface area contributed by atoms with Gasteiger partial charge in [0.1, 0.15) is 11.6 Å². The van der Waals surface area contributed by atoms with E-state index in [4.69, 9.17) is 4.74 Å². The highest BCUT2D eigenvalue weighted by Crippen LogP contribution is 2.18. The second kappa shape index (κ2) is 6.66. The third kappa shape index (κ3) is 3.17. The number of methoxy groups -OCH3 is 1. The maximum absolute atomic E-state index is 5.13. The lowest BCUT2D eigenvalue weighted by Crippen LogP contribution is -1.99. The van der Waals surface area contributed by atoms with Crippen molar-refractivity contribution in [1.82, 2.24) is 14.8 Å². The molecule has 6 heteroatoms. The SMILES string of the molecule is CCSc1nc(C)n(-c2ccc(OC)cc2)n1.Cl. The summed E-state index contributed by atoms with van der Waals surface area (Å²) in [6, 6.07) is 7.79. The normalized spacial score (nSPS) is 9.94. The Bertz CT molecular complexity index is 499. The van der Waals surface area contributed by atoms with Crippen LogP contribution in [0.5, 0.6) is 5.75 Å². The van der Waals surface area contributed by atoms with Crippen molar-refractivity contribution in [3.8, 4) is 11.4 Å². The van der Waals surface area contributed by atoms with E-state index in [1.807, 2.05) is 35.9 Å². The summed E-state index contributed by atoms with van der Waals surface area (Å²) in [5, 5.41) is 5.27. The van der Waals surface area contributed by atoms with E-state index in [1.54, 1.807) is 18.9 Å². The molecule has 2 aromatic rings. The third-order valence-electron chi connectivity index (χ3n) is 2.34. The molecule has 1 aromatic heterocycles. The van der Waals surface area contributed by atoms with Crippen molar-refractivity contribution < 1.29 is 4.74 Å². The second-order valence-electron chi connectivity index (χ2n) is 3.48. The molecule has 0 amide bonds. The number of aromatic nitrogens is 3. The van der Waals surface area contributed by atoms with E-state index in [-0.39, 0.29) is 12.4 Å². The Morgan fingerprint density at radius 1 is 1.28 bits per heavy atom. The van der Waals surface area contributed by atoms with Gasteiger partial charge < -0.3 is 4.74 Å². The molecule has 0 radical (unpaired) electrons. The van der Waals surface area contributed by atoms with E-state index in [9.17, 15) is 0 Å². The predicted molar refractivity (Wildman–Crippen MR) is 76.3 cm³/mol. The largest absolute Gasteiger partial charge is 0.497 e. The molecule has 0 N–H and O–H groups in total. The molecule has 1 heterocycles. The van der Waals surface area contributed by atoms with Gasteiger partial charge in [-0.15, -0.1) is 17.5 Å². The molecule has 0 fully saturated rings. The van der Waals surface area contributed by atoms with Crippen LogP contribution in [-0.4, -0.2) is 27.6 Å². The molecule has 98 valence electrons. The number of aryl methyl sites for hydroxylation is 1. The summed E-state index contributed by atoms with van der Waals surface area (Å²) in [6.07, 6.45) is 0. The molecule has 0 atom stereocenters. The fraction of sp³-hybridized carbons (Fsp3) is 0.333. The molecule has 0 aliphatic carbocycles. The van der Waals surface area contributed by atoms with Gasteiger partial charge in [-0.2, -0.15) is 0 Å². The second-order valence-corrected chi connectivity index (χ2v) is 4.72. The van der Waals surface area contributed by atoms with Crippen LogP contribution in [0.25, 0.3) is 5.69 Å². The molecular weight excluding hydrogens is 270 g/mol. The van der Waals surface area contributed by atoms with Crippen molar-refractivity contribution in [2.24, 2.45) is 0 Å². The molecule has 1 aromatic carbocycles. The number of hydrogen-bond acceptors (Lipinski definition) is 4. The monoisotopic (exact) mass is 285 g/mol. The summed E-state index contributed by atoms with van der Waals surface area (Å²) in [5.41, 5.74) is 0.999. The van der Waals surface area contributed by atoms with Crippen molar-refractivity contribution >= 4 is 24.2 Å². The summed E-state index contributed by atoms with van der Waals surface area (Å²) in [5.74, 6) is 2.72. The first-order chi connectivity index (χ1) is 8.24. The van der Waals surface area contributed by atoms with Gasteiger partial charge in [-0.05, 0) is 36.9 Å². The first-order valence-corrected chi connectivity index (χ1v) is 6.44. The smallest absolute Gasteiger partial charge is 0.209 e. The minimum atomic E-state index is 0. The van der Waals surface area contributed by atoms with Crippen molar-refractivity contribution in [3.05, 3.63) is 30.1 Å². The highest BCUT2D eigenvalue weighted by Gasteiger charge is 2.07. The average Bonchev–Trinajstić information content (AvgIpc) is 2.71. The lowest BCUT2D eigenvalue weighted by atomic mass is 10.3. The van der Waals surface area contributed by atoms with Crippen molar-refractivity contribution in [2.45, 2.75) is 19.0 Å². The lowest BCUT2D eigenvalue weighted by Gasteiger charge is -2.04.